The first kappa shape index (κ1) is 13.9. The van der Waals surface area contributed by atoms with Crippen molar-refractivity contribution >= 4 is 5.78 Å². The van der Waals surface area contributed by atoms with Crippen molar-refractivity contribution in [1.29, 1.82) is 0 Å². The zero-order chi connectivity index (χ0) is 12.5. The topological polar surface area (TPSA) is 26.3 Å². The van der Waals surface area contributed by atoms with Crippen LogP contribution < -0.4 is 0 Å². The maximum atomic E-state index is 11.8. The molecule has 0 bridgehead atoms. The number of hydrogen-bond acceptors (Lipinski definition) is 2. The first-order chi connectivity index (χ1) is 8.24. The smallest absolute Gasteiger partial charge is 0.188 e. The second kappa shape index (κ2) is 8.02. The van der Waals surface area contributed by atoms with Crippen LogP contribution in [0.25, 0.3) is 0 Å². The number of carbonyl (C=O) groups is 1. The van der Waals surface area contributed by atoms with Gasteiger partial charge >= 0.3 is 0 Å². The van der Waals surface area contributed by atoms with Crippen LogP contribution in [0.1, 0.15) is 48.5 Å². The summed E-state index contributed by atoms with van der Waals surface area (Å²) in [5.41, 5.74) is 1.86. The highest BCUT2D eigenvalue weighted by molar-refractivity contribution is 5.97. The molecule has 94 valence electrons. The van der Waals surface area contributed by atoms with E-state index in [-0.39, 0.29) is 12.4 Å². The van der Waals surface area contributed by atoms with Crippen molar-refractivity contribution in [3.05, 3.63) is 35.4 Å². The van der Waals surface area contributed by atoms with Gasteiger partial charge in [0.1, 0.15) is 6.61 Å². The molecule has 2 nitrogen and oxygen atoms in total. The minimum Gasteiger partial charge on any atom is -0.373 e. The van der Waals surface area contributed by atoms with Gasteiger partial charge in [0, 0.05) is 12.2 Å². The third-order valence-corrected chi connectivity index (χ3v) is 2.72. The Morgan fingerprint density at radius 1 is 1.24 bits per heavy atom. The molecule has 0 aromatic heterocycles. The van der Waals surface area contributed by atoms with Crippen LogP contribution in [0, 0.1) is 6.92 Å². The average Bonchev–Trinajstić information content (AvgIpc) is 2.33. The molecule has 0 fully saturated rings. The van der Waals surface area contributed by atoms with Gasteiger partial charge < -0.3 is 4.74 Å². The zero-order valence-corrected chi connectivity index (χ0v) is 10.9. The van der Waals surface area contributed by atoms with Crippen LogP contribution in [0.2, 0.25) is 0 Å². The van der Waals surface area contributed by atoms with E-state index in [0.717, 1.165) is 17.5 Å². The molecule has 0 amide bonds. The second-order valence-corrected chi connectivity index (χ2v) is 4.41. The van der Waals surface area contributed by atoms with E-state index in [2.05, 4.69) is 6.92 Å². The van der Waals surface area contributed by atoms with Crippen LogP contribution in [0.15, 0.2) is 24.3 Å². The molecule has 0 radical (unpaired) electrons. The molecular formula is C15H22O2. The normalized spacial score (nSPS) is 10.5. The monoisotopic (exact) mass is 234 g/mol. The van der Waals surface area contributed by atoms with E-state index in [1.807, 2.05) is 31.2 Å². The van der Waals surface area contributed by atoms with Crippen molar-refractivity contribution in [1.82, 2.24) is 0 Å². The lowest BCUT2D eigenvalue weighted by molar-refractivity contribution is 0.0752. The number of benzene rings is 1. The van der Waals surface area contributed by atoms with Crippen molar-refractivity contribution < 1.29 is 9.53 Å². The molecule has 1 rings (SSSR count). The Hall–Kier alpha value is -1.15. The lowest BCUT2D eigenvalue weighted by Gasteiger charge is -2.04. The van der Waals surface area contributed by atoms with Gasteiger partial charge in [-0.3, -0.25) is 4.79 Å². The molecule has 0 saturated carbocycles. The fourth-order valence-electron chi connectivity index (χ4n) is 1.70. The molecule has 0 spiro atoms. The van der Waals surface area contributed by atoms with Gasteiger partial charge in [-0.1, -0.05) is 49.9 Å². The Bertz CT molecular complexity index is 345. The van der Waals surface area contributed by atoms with Gasteiger partial charge in [0.25, 0.3) is 0 Å². The Morgan fingerprint density at radius 3 is 2.76 bits per heavy atom. The summed E-state index contributed by atoms with van der Waals surface area (Å²) in [6.45, 7) is 5.07. The number of Topliss-reactive ketones (excluding diaryl/α,β-unsaturated/α-hetero) is 1. The molecule has 0 atom stereocenters. The fraction of sp³-hybridized carbons (Fsp3) is 0.533. The van der Waals surface area contributed by atoms with E-state index >= 15 is 0 Å². The van der Waals surface area contributed by atoms with Crippen molar-refractivity contribution in [2.45, 2.75) is 39.5 Å². The van der Waals surface area contributed by atoms with Crippen molar-refractivity contribution in [3.63, 3.8) is 0 Å². The molecule has 0 aliphatic heterocycles. The van der Waals surface area contributed by atoms with Gasteiger partial charge in [-0.2, -0.15) is 0 Å². The van der Waals surface area contributed by atoms with Crippen LogP contribution >= 0.6 is 0 Å². The number of unbranched alkanes of at least 4 members (excludes halogenated alkanes) is 3. The van der Waals surface area contributed by atoms with E-state index in [1.54, 1.807) is 0 Å². The summed E-state index contributed by atoms with van der Waals surface area (Å²) < 4.78 is 5.39. The highest BCUT2D eigenvalue weighted by atomic mass is 16.5. The molecule has 0 aliphatic rings. The fourth-order valence-corrected chi connectivity index (χ4v) is 1.70. The zero-order valence-electron chi connectivity index (χ0n) is 10.9. The lowest BCUT2D eigenvalue weighted by Crippen LogP contribution is -2.10. The number of rotatable bonds is 8. The molecular weight excluding hydrogens is 212 g/mol. The Kier molecular flexibility index (Phi) is 6.56. The third kappa shape index (κ3) is 5.64. The summed E-state index contributed by atoms with van der Waals surface area (Å²) in [7, 11) is 0. The molecule has 1 aromatic carbocycles. The standard InChI is InChI=1S/C15H22O2/c1-3-4-5-6-10-17-12-15(16)14-9-7-8-13(2)11-14/h7-9,11H,3-6,10,12H2,1-2H3. The van der Waals surface area contributed by atoms with Crippen LogP contribution in [0.4, 0.5) is 0 Å². The van der Waals surface area contributed by atoms with Gasteiger partial charge in [-0.25, -0.2) is 0 Å². The molecule has 2 heteroatoms. The molecule has 0 aliphatic carbocycles. The summed E-state index contributed by atoms with van der Waals surface area (Å²) in [5, 5.41) is 0. The minimum absolute atomic E-state index is 0.0733. The summed E-state index contributed by atoms with van der Waals surface area (Å²) in [4.78, 5) is 11.8. The summed E-state index contributed by atoms with van der Waals surface area (Å²) in [6.07, 6.45) is 4.71. The van der Waals surface area contributed by atoms with Gasteiger partial charge in [0.05, 0.1) is 0 Å². The average molecular weight is 234 g/mol. The van der Waals surface area contributed by atoms with Gasteiger partial charge in [-0.05, 0) is 19.4 Å². The predicted octanol–water partition coefficient (Wildman–Crippen LogP) is 3.77. The van der Waals surface area contributed by atoms with Crippen LogP contribution in [0.5, 0.6) is 0 Å². The second-order valence-electron chi connectivity index (χ2n) is 4.41. The number of ketones is 1. The minimum atomic E-state index is 0.0733. The molecule has 0 unspecified atom stereocenters. The summed E-state index contributed by atoms with van der Waals surface area (Å²) in [6, 6.07) is 7.64. The lowest BCUT2D eigenvalue weighted by atomic mass is 10.1. The Morgan fingerprint density at radius 2 is 2.06 bits per heavy atom. The number of hydrogen-bond donors (Lipinski definition) is 0. The first-order valence-corrected chi connectivity index (χ1v) is 6.41. The van der Waals surface area contributed by atoms with Crippen molar-refractivity contribution in [2.75, 3.05) is 13.2 Å². The summed E-state index contributed by atoms with van der Waals surface area (Å²) >= 11 is 0. The van der Waals surface area contributed by atoms with E-state index in [4.69, 9.17) is 4.74 Å². The third-order valence-electron chi connectivity index (χ3n) is 2.72. The molecule has 17 heavy (non-hydrogen) atoms. The Balaban J connectivity index is 2.21. The number of ether oxygens (including phenoxy) is 1. The number of aryl methyl sites for hydroxylation is 1. The maximum Gasteiger partial charge on any atom is 0.188 e. The number of carbonyl (C=O) groups excluding carboxylic acids is 1. The quantitative estimate of drug-likeness (QED) is 0.505. The highest BCUT2D eigenvalue weighted by Gasteiger charge is 2.05. The largest absolute Gasteiger partial charge is 0.373 e. The van der Waals surface area contributed by atoms with Crippen molar-refractivity contribution in [3.8, 4) is 0 Å². The maximum absolute atomic E-state index is 11.8. The Labute approximate surface area is 104 Å². The van der Waals surface area contributed by atoms with Crippen LogP contribution in [-0.4, -0.2) is 19.0 Å². The molecule has 1 aromatic rings. The van der Waals surface area contributed by atoms with E-state index < -0.39 is 0 Å². The molecule has 0 saturated heterocycles. The first-order valence-electron chi connectivity index (χ1n) is 6.41. The van der Waals surface area contributed by atoms with Gasteiger partial charge in [0.15, 0.2) is 5.78 Å². The van der Waals surface area contributed by atoms with Crippen LogP contribution in [0.3, 0.4) is 0 Å². The van der Waals surface area contributed by atoms with Gasteiger partial charge in [0.2, 0.25) is 0 Å². The van der Waals surface area contributed by atoms with E-state index in [1.165, 1.54) is 19.3 Å². The van der Waals surface area contributed by atoms with E-state index in [0.29, 0.717) is 6.61 Å². The molecule has 0 N–H and O–H groups in total. The SMILES string of the molecule is CCCCCCOCC(=O)c1cccc(C)c1. The predicted molar refractivity (Wildman–Crippen MR) is 70.5 cm³/mol. The van der Waals surface area contributed by atoms with E-state index in [9.17, 15) is 4.79 Å². The highest BCUT2D eigenvalue weighted by Crippen LogP contribution is 2.05. The summed E-state index contributed by atoms with van der Waals surface area (Å²) in [5.74, 6) is 0.0733. The van der Waals surface area contributed by atoms with Crippen molar-refractivity contribution in [2.24, 2.45) is 0 Å². The molecule has 0 heterocycles. The van der Waals surface area contributed by atoms with Crippen LogP contribution in [-0.2, 0) is 4.74 Å². The van der Waals surface area contributed by atoms with Gasteiger partial charge in [-0.15, -0.1) is 0 Å².